The topological polar surface area (TPSA) is 90.0 Å². The molecule has 0 radical (unpaired) electrons. The summed E-state index contributed by atoms with van der Waals surface area (Å²) in [5.74, 6) is -1.35. The molecular formula is C20H17NO6. The number of hydrogen-bond donors (Lipinski definition) is 0. The minimum atomic E-state index is -0.723. The van der Waals surface area contributed by atoms with Crippen LogP contribution in [0.15, 0.2) is 48.5 Å². The maximum Gasteiger partial charge on any atom is 0.338 e. The summed E-state index contributed by atoms with van der Waals surface area (Å²) in [6.07, 6.45) is 0.307. The number of hydrogen-bond acceptors (Lipinski definition) is 6. The predicted molar refractivity (Wildman–Crippen MR) is 95.8 cm³/mol. The van der Waals surface area contributed by atoms with Gasteiger partial charge in [0.1, 0.15) is 5.75 Å². The van der Waals surface area contributed by atoms with Gasteiger partial charge in [0, 0.05) is 12.8 Å². The molecule has 1 fully saturated rings. The van der Waals surface area contributed by atoms with Gasteiger partial charge in [-0.2, -0.15) is 0 Å². The van der Waals surface area contributed by atoms with Gasteiger partial charge in [0.2, 0.25) is 17.6 Å². The molecule has 2 aromatic carbocycles. The number of benzene rings is 2. The maximum absolute atomic E-state index is 12.3. The van der Waals surface area contributed by atoms with Crippen molar-refractivity contribution < 1.29 is 28.7 Å². The first-order valence-corrected chi connectivity index (χ1v) is 8.30. The van der Waals surface area contributed by atoms with E-state index in [4.69, 9.17) is 9.47 Å². The summed E-state index contributed by atoms with van der Waals surface area (Å²) in [4.78, 5) is 49.3. The van der Waals surface area contributed by atoms with Crippen LogP contribution in [0.2, 0.25) is 0 Å². The quantitative estimate of drug-likeness (QED) is 0.442. The zero-order chi connectivity index (χ0) is 19.4. The van der Waals surface area contributed by atoms with Gasteiger partial charge in [-0.15, -0.1) is 0 Å². The summed E-state index contributed by atoms with van der Waals surface area (Å²) < 4.78 is 10.2. The molecule has 0 N–H and O–H groups in total. The van der Waals surface area contributed by atoms with Crippen LogP contribution < -0.4 is 9.64 Å². The van der Waals surface area contributed by atoms with Gasteiger partial charge in [-0.05, 0) is 30.3 Å². The van der Waals surface area contributed by atoms with Crippen molar-refractivity contribution in [1.82, 2.24) is 0 Å². The van der Waals surface area contributed by atoms with Gasteiger partial charge in [-0.1, -0.05) is 18.2 Å². The van der Waals surface area contributed by atoms with Crippen LogP contribution in [-0.4, -0.2) is 37.3 Å². The fourth-order valence-corrected chi connectivity index (χ4v) is 2.80. The highest BCUT2D eigenvalue weighted by Crippen LogP contribution is 2.24. The first kappa shape index (κ1) is 18.3. The van der Waals surface area contributed by atoms with E-state index in [-0.39, 0.29) is 30.2 Å². The Morgan fingerprint density at radius 1 is 1.00 bits per heavy atom. The molecule has 1 aliphatic rings. The van der Waals surface area contributed by atoms with Crippen molar-refractivity contribution in [3.8, 4) is 5.75 Å². The number of imide groups is 1. The van der Waals surface area contributed by atoms with Gasteiger partial charge in [-0.25, -0.2) is 4.79 Å². The summed E-state index contributed by atoms with van der Waals surface area (Å²) in [6, 6.07) is 12.6. The first-order valence-electron chi connectivity index (χ1n) is 8.30. The Kier molecular flexibility index (Phi) is 5.30. The molecule has 0 aromatic heterocycles. The highest BCUT2D eigenvalue weighted by Gasteiger charge is 2.30. The van der Waals surface area contributed by atoms with E-state index in [9.17, 15) is 19.2 Å². The molecule has 0 unspecified atom stereocenters. The number of ketones is 1. The smallest absolute Gasteiger partial charge is 0.338 e. The second kappa shape index (κ2) is 7.82. The summed E-state index contributed by atoms with van der Waals surface area (Å²) in [7, 11) is 1.45. The largest absolute Gasteiger partial charge is 0.496 e. The minimum absolute atomic E-state index is 0.146. The maximum atomic E-state index is 12.3. The Balaban J connectivity index is 1.70. The predicted octanol–water partition coefficient (Wildman–Crippen LogP) is 2.39. The lowest BCUT2D eigenvalue weighted by Gasteiger charge is -2.14. The highest BCUT2D eigenvalue weighted by atomic mass is 16.5. The molecule has 27 heavy (non-hydrogen) atoms. The summed E-state index contributed by atoms with van der Waals surface area (Å²) >= 11 is 0. The van der Waals surface area contributed by atoms with Crippen LogP contribution >= 0.6 is 0 Å². The van der Waals surface area contributed by atoms with E-state index in [0.29, 0.717) is 17.0 Å². The first-order chi connectivity index (χ1) is 13.0. The molecule has 2 aromatic rings. The molecule has 3 rings (SSSR count). The van der Waals surface area contributed by atoms with Crippen molar-refractivity contribution in [1.29, 1.82) is 0 Å². The third-order valence-corrected chi connectivity index (χ3v) is 4.13. The van der Waals surface area contributed by atoms with Crippen LogP contribution in [0.3, 0.4) is 0 Å². The molecule has 0 saturated carbocycles. The number of anilines is 1. The number of esters is 1. The van der Waals surface area contributed by atoms with Gasteiger partial charge >= 0.3 is 5.97 Å². The van der Waals surface area contributed by atoms with Crippen LogP contribution in [0.4, 0.5) is 5.69 Å². The van der Waals surface area contributed by atoms with Crippen LogP contribution in [0.1, 0.15) is 33.6 Å². The molecule has 1 aliphatic heterocycles. The summed E-state index contributed by atoms with van der Waals surface area (Å²) in [5.41, 5.74) is 0.774. The van der Waals surface area contributed by atoms with Crippen LogP contribution in [0, 0.1) is 0 Å². The van der Waals surface area contributed by atoms with E-state index in [0.717, 1.165) is 4.90 Å². The van der Waals surface area contributed by atoms with Gasteiger partial charge in [-0.3, -0.25) is 19.3 Å². The van der Waals surface area contributed by atoms with Gasteiger partial charge in [0.15, 0.2) is 6.61 Å². The standard InChI is InChI=1S/C20H17NO6/c1-26-17-8-3-2-7-15(17)16(22)12-27-20(25)13-5-4-6-14(11-13)21-18(23)9-10-19(21)24/h2-8,11H,9-10,12H2,1H3. The third-order valence-electron chi connectivity index (χ3n) is 4.13. The van der Waals surface area contributed by atoms with Crippen LogP contribution in [0.5, 0.6) is 5.75 Å². The Morgan fingerprint density at radius 3 is 2.41 bits per heavy atom. The Hall–Kier alpha value is -3.48. The third kappa shape index (κ3) is 3.87. The van der Waals surface area contributed by atoms with E-state index >= 15 is 0 Å². The van der Waals surface area contributed by atoms with Crippen molar-refractivity contribution in [3.05, 3.63) is 59.7 Å². The molecule has 1 heterocycles. The van der Waals surface area contributed by atoms with Crippen LogP contribution in [0.25, 0.3) is 0 Å². The molecule has 0 spiro atoms. The van der Waals surface area contributed by atoms with Crippen molar-refractivity contribution in [2.24, 2.45) is 0 Å². The Morgan fingerprint density at radius 2 is 1.70 bits per heavy atom. The van der Waals surface area contributed by atoms with E-state index < -0.39 is 18.4 Å². The van der Waals surface area contributed by atoms with Crippen LogP contribution in [-0.2, 0) is 14.3 Å². The number of ether oxygens (including phenoxy) is 2. The number of nitrogens with zero attached hydrogens (tertiary/aromatic N) is 1. The zero-order valence-electron chi connectivity index (χ0n) is 14.6. The molecule has 7 nitrogen and oxygen atoms in total. The molecule has 1 saturated heterocycles. The number of carbonyl (C=O) groups is 4. The number of methoxy groups -OCH3 is 1. The van der Waals surface area contributed by atoms with E-state index in [1.807, 2.05) is 0 Å². The zero-order valence-corrected chi connectivity index (χ0v) is 14.6. The highest BCUT2D eigenvalue weighted by molar-refractivity contribution is 6.20. The second-order valence-corrected chi connectivity index (χ2v) is 5.87. The Bertz CT molecular complexity index is 904. The molecule has 138 valence electrons. The van der Waals surface area contributed by atoms with E-state index in [1.165, 1.54) is 19.2 Å². The molecule has 0 aliphatic carbocycles. The lowest BCUT2D eigenvalue weighted by molar-refractivity contribution is -0.121. The Labute approximate surface area is 155 Å². The molecule has 0 bridgehead atoms. The fourth-order valence-electron chi connectivity index (χ4n) is 2.80. The molecule has 0 atom stereocenters. The molecule has 7 heteroatoms. The van der Waals surface area contributed by atoms with Crippen molar-refractivity contribution in [3.63, 3.8) is 0 Å². The molecular weight excluding hydrogens is 350 g/mol. The van der Waals surface area contributed by atoms with Gasteiger partial charge in [0.05, 0.1) is 23.9 Å². The fraction of sp³-hybridized carbons (Fsp3) is 0.200. The molecule has 2 amide bonds. The SMILES string of the molecule is COc1ccccc1C(=O)COC(=O)c1cccc(N2C(=O)CCC2=O)c1. The van der Waals surface area contributed by atoms with Crippen molar-refractivity contribution in [2.75, 3.05) is 18.6 Å². The number of Topliss-reactive ketones (excluding diaryl/α,β-unsaturated/α-hetero) is 1. The van der Waals surface area contributed by atoms with E-state index in [2.05, 4.69) is 0 Å². The number of carbonyl (C=O) groups excluding carboxylic acids is 4. The lowest BCUT2D eigenvalue weighted by Crippen LogP contribution is -2.28. The number of amides is 2. The van der Waals surface area contributed by atoms with Crippen molar-refractivity contribution in [2.45, 2.75) is 12.8 Å². The average Bonchev–Trinajstić information content (AvgIpc) is 3.04. The average molecular weight is 367 g/mol. The normalized spacial score (nSPS) is 13.6. The van der Waals surface area contributed by atoms with E-state index in [1.54, 1.807) is 36.4 Å². The minimum Gasteiger partial charge on any atom is -0.496 e. The van der Waals surface area contributed by atoms with Gasteiger partial charge < -0.3 is 9.47 Å². The summed E-state index contributed by atoms with van der Waals surface area (Å²) in [6.45, 7) is -0.453. The van der Waals surface area contributed by atoms with Gasteiger partial charge in [0.25, 0.3) is 0 Å². The lowest BCUT2D eigenvalue weighted by atomic mass is 10.1. The second-order valence-electron chi connectivity index (χ2n) is 5.87. The number of rotatable bonds is 6. The summed E-state index contributed by atoms with van der Waals surface area (Å²) in [5, 5.41) is 0. The van der Waals surface area contributed by atoms with Crippen molar-refractivity contribution >= 4 is 29.3 Å². The monoisotopic (exact) mass is 367 g/mol. The number of para-hydroxylation sites is 1.